The van der Waals surface area contributed by atoms with Gasteiger partial charge < -0.3 is 0 Å². The number of para-hydroxylation sites is 1. The van der Waals surface area contributed by atoms with Crippen molar-refractivity contribution >= 4 is 39.4 Å². The Morgan fingerprint density at radius 3 is 2.78 bits per heavy atom. The molecule has 3 rings (SSSR count). The van der Waals surface area contributed by atoms with E-state index in [1.807, 2.05) is 18.2 Å². The van der Waals surface area contributed by atoms with Gasteiger partial charge in [0.2, 0.25) is 0 Å². The fraction of sp³-hybridized carbons (Fsp3) is 0.222. The third kappa shape index (κ3) is 4.45. The van der Waals surface area contributed by atoms with Gasteiger partial charge in [0.05, 0.1) is 5.69 Å². The van der Waals surface area contributed by atoms with Crippen LogP contribution >= 0.6 is 23.5 Å². The standard InChI is InChI=1S/C18H16FNOS2/c19-15-9-7-13(8-10-15)17(21)6-3-11-22-18-20-16-5-2-1-4-14(16)12-23-18/h1-2,4-5,7-10H,3,6,11-12H2. The second kappa shape index (κ2) is 7.79. The molecule has 1 aliphatic heterocycles. The molecule has 0 radical (unpaired) electrons. The van der Waals surface area contributed by atoms with E-state index in [1.165, 1.54) is 17.7 Å². The van der Waals surface area contributed by atoms with E-state index in [-0.39, 0.29) is 11.6 Å². The van der Waals surface area contributed by atoms with Crippen LogP contribution in [0.25, 0.3) is 0 Å². The first-order valence-corrected chi connectivity index (χ1v) is 9.40. The first-order valence-electron chi connectivity index (χ1n) is 7.43. The van der Waals surface area contributed by atoms with Crippen molar-refractivity contribution in [1.29, 1.82) is 0 Å². The summed E-state index contributed by atoms with van der Waals surface area (Å²) in [6.45, 7) is 0. The number of fused-ring (bicyclic) bond motifs is 1. The highest BCUT2D eigenvalue weighted by molar-refractivity contribution is 8.38. The van der Waals surface area contributed by atoms with Crippen LogP contribution in [0.3, 0.4) is 0 Å². The van der Waals surface area contributed by atoms with E-state index in [4.69, 9.17) is 0 Å². The number of thioether (sulfide) groups is 2. The van der Waals surface area contributed by atoms with Crippen LogP contribution in [-0.4, -0.2) is 15.9 Å². The molecule has 1 heterocycles. The Morgan fingerprint density at radius 1 is 1.17 bits per heavy atom. The van der Waals surface area contributed by atoms with Gasteiger partial charge in [0.15, 0.2) is 5.78 Å². The fourth-order valence-corrected chi connectivity index (χ4v) is 4.33. The van der Waals surface area contributed by atoms with Crippen LogP contribution in [0.2, 0.25) is 0 Å². The lowest BCUT2D eigenvalue weighted by Crippen LogP contribution is -2.01. The van der Waals surface area contributed by atoms with E-state index in [1.54, 1.807) is 35.7 Å². The highest BCUT2D eigenvalue weighted by Crippen LogP contribution is 2.34. The monoisotopic (exact) mass is 345 g/mol. The maximum Gasteiger partial charge on any atom is 0.162 e. The molecule has 0 saturated carbocycles. The van der Waals surface area contributed by atoms with Gasteiger partial charge in [-0.1, -0.05) is 41.7 Å². The molecule has 2 nitrogen and oxygen atoms in total. The number of carbonyl (C=O) groups excluding carboxylic acids is 1. The molecule has 5 heteroatoms. The lowest BCUT2D eigenvalue weighted by atomic mass is 10.1. The second-order valence-electron chi connectivity index (χ2n) is 5.18. The number of hydrogen-bond donors (Lipinski definition) is 0. The van der Waals surface area contributed by atoms with E-state index in [0.29, 0.717) is 12.0 Å². The largest absolute Gasteiger partial charge is 0.294 e. The molecule has 23 heavy (non-hydrogen) atoms. The van der Waals surface area contributed by atoms with Crippen LogP contribution in [0.5, 0.6) is 0 Å². The normalized spacial score (nSPS) is 13.3. The fourth-order valence-electron chi connectivity index (χ4n) is 2.26. The summed E-state index contributed by atoms with van der Waals surface area (Å²) >= 11 is 3.45. The van der Waals surface area contributed by atoms with E-state index in [2.05, 4.69) is 11.1 Å². The first kappa shape index (κ1) is 16.3. The Balaban J connectivity index is 1.46. The van der Waals surface area contributed by atoms with Gasteiger partial charge in [-0.15, -0.1) is 0 Å². The molecule has 0 fully saturated rings. The number of hydrogen-bond acceptors (Lipinski definition) is 4. The number of nitrogens with zero attached hydrogens (tertiary/aromatic N) is 1. The third-order valence-electron chi connectivity index (χ3n) is 3.49. The molecule has 2 aromatic carbocycles. The molecule has 0 unspecified atom stereocenters. The van der Waals surface area contributed by atoms with Gasteiger partial charge in [0, 0.05) is 23.5 Å². The molecule has 0 amide bonds. The zero-order valence-corrected chi connectivity index (χ0v) is 14.1. The van der Waals surface area contributed by atoms with Crippen LogP contribution in [0, 0.1) is 5.82 Å². The van der Waals surface area contributed by atoms with Gasteiger partial charge in [0.1, 0.15) is 10.2 Å². The van der Waals surface area contributed by atoms with Crippen LogP contribution < -0.4 is 0 Å². The Morgan fingerprint density at radius 2 is 1.96 bits per heavy atom. The predicted molar refractivity (Wildman–Crippen MR) is 97.3 cm³/mol. The van der Waals surface area contributed by atoms with Crippen LogP contribution in [0.4, 0.5) is 10.1 Å². The lowest BCUT2D eigenvalue weighted by molar-refractivity contribution is 0.0982. The predicted octanol–water partition coefficient (Wildman–Crippen LogP) is 5.46. The van der Waals surface area contributed by atoms with Crippen molar-refractivity contribution in [2.45, 2.75) is 18.6 Å². The maximum atomic E-state index is 12.8. The number of halogens is 1. The molecule has 0 aromatic heterocycles. The highest BCUT2D eigenvalue weighted by atomic mass is 32.2. The second-order valence-corrected chi connectivity index (χ2v) is 7.48. The molecular formula is C18H16FNOS2. The topological polar surface area (TPSA) is 29.4 Å². The number of carbonyl (C=O) groups is 1. The van der Waals surface area contributed by atoms with Gasteiger partial charge in [-0.25, -0.2) is 9.38 Å². The van der Waals surface area contributed by atoms with Gasteiger partial charge in [-0.3, -0.25) is 4.79 Å². The van der Waals surface area contributed by atoms with Crippen LogP contribution in [-0.2, 0) is 5.75 Å². The molecule has 118 valence electrons. The van der Waals surface area contributed by atoms with Crippen LogP contribution in [0.15, 0.2) is 53.5 Å². The SMILES string of the molecule is O=C(CCCSC1=Nc2ccccc2CS1)c1ccc(F)cc1. The van der Waals surface area contributed by atoms with E-state index < -0.39 is 0 Å². The number of ketones is 1. The maximum absolute atomic E-state index is 12.8. The molecule has 0 saturated heterocycles. The molecular weight excluding hydrogens is 329 g/mol. The Labute approximate surface area is 143 Å². The summed E-state index contributed by atoms with van der Waals surface area (Å²) in [7, 11) is 0. The first-order chi connectivity index (χ1) is 11.2. The van der Waals surface area contributed by atoms with Crippen molar-refractivity contribution in [3.8, 4) is 0 Å². The van der Waals surface area contributed by atoms with Gasteiger partial charge in [-0.05, 0) is 42.3 Å². The number of benzene rings is 2. The summed E-state index contributed by atoms with van der Waals surface area (Å²) in [5.74, 6) is 1.57. The zero-order chi connectivity index (χ0) is 16.1. The van der Waals surface area contributed by atoms with Crippen molar-refractivity contribution in [3.63, 3.8) is 0 Å². The highest BCUT2D eigenvalue weighted by Gasteiger charge is 2.12. The van der Waals surface area contributed by atoms with Crippen molar-refractivity contribution in [3.05, 3.63) is 65.5 Å². The smallest absolute Gasteiger partial charge is 0.162 e. The van der Waals surface area contributed by atoms with Crippen molar-refractivity contribution < 1.29 is 9.18 Å². The number of Topliss-reactive ketones (excluding diaryl/α,β-unsaturated/α-hetero) is 1. The molecule has 0 bridgehead atoms. The van der Waals surface area contributed by atoms with Gasteiger partial charge in [-0.2, -0.15) is 0 Å². The summed E-state index contributed by atoms with van der Waals surface area (Å²) in [5, 5.41) is 0. The molecule has 2 aromatic rings. The van der Waals surface area contributed by atoms with E-state index in [0.717, 1.165) is 28.0 Å². The van der Waals surface area contributed by atoms with Gasteiger partial charge >= 0.3 is 0 Å². The summed E-state index contributed by atoms with van der Waals surface area (Å²) in [4.78, 5) is 16.6. The minimum Gasteiger partial charge on any atom is -0.294 e. The summed E-state index contributed by atoms with van der Waals surface area (Å²) < 4.78 is 13.9. The zero-order valence-electron chi connectivity index (χ0n) is 12.5. The average molecular weight is 345 g/mol. The Bertz CT molecular complexity index is 728. The summed E-state index contributed by atoms with van der Waals surface area (Å²) in [5.41, 5.74) is 2.90. The van der Waals surface area contributed by atoms with Gasteiger partial charge in [0.25, 0.3) is 0 Å². The molecule has 0 N–H and O–H groups in total. The number of aliphatic imine (C=N–C) groups is 1. The van der Waals surface area contributed by atoms with Crippen molar-refractivity contribution in [2.75, 3.05) is 5.75 Å². The quantitative estimate of drug-likeness (QED) is 0.532. The van der Waals surface area contributed by atoms with Crippen molar-refractivity contribution in [1.82, 2.24) is 0 Å². The number of rotatable bonds is 5. The van der Waals surface area contributed by atoms with Crippen molar-refractivity contribution in [2.24, 2.45) is 4.99 Å². The average Bonchev–Trinajstić information content (AvgIpc) is 2.59. The van der Waals surface area contributed by atoms with E-state index in [9.17, 15) is 9.18 Å². The lowest BCUT2D eigenvalue weighted by Gasteiger charge is -2.13. The Kier molecular flexibility index (Phi) is 5.51. The van der Waals surface area contributed by atoms with E-state index >= 15 is 0 Å². The molecule has 1 aliphatic rings. The minimum absolute atomic E-state index is 0.0641. The Hall–Kier alpha value is -1.59. The molecule has 0 atom stereocenters. The third-order valence-corrected chi connectivity index (χ3v) is 5.83. The minimum atomic E-state index is -0.315. The summed E-state index contributed by atoms with van der Waals surface area (Å²) in [6.07, 6.45) is 1.27. The molecule has 0 spiro atoms. The molecule has 0 aliphatic carbocycles. The summed E-state index contributed by atoms with van der Waals surface area (Å²) in [6, 6.07) is 13.9. The van der Waals surface area contributed by atoms with Crippen LogP contribution in [0.1, 0.15) is 28.8 Å².